The number of halogens is 1. The Morgan fingerprint density at radius 3 is 2.64 bits per heavy atom. The molecule has 132 valence electrons. The van der Waals surface area contributed by atoms with Gasteiger partial charge in [0.1, 0.15) is 5.75 Å². The first-order valence-corrected chi connectivity index (χ1v) is 8.26. The number of carboxylic acid groups (broad SMARTS) is 1. The molecule has 0 heterocycles. The van der Waals surface area contributed by atoms with Gasteiger partial charge in [0.25, 0.3) is 5.91 Å². The second-order valence-corrected chi connectivity index (χ2v) is 6.16. The van der Waals surface area contributed by atoms with Gasteiger partial charge in [0.05, 0.1) is 10.9 Å². The van der Waals surface area contributed by atoms with Gasteiger partial charge in [-0.1, -0.05) is 53.6 Å². The Hall–Kier alpha value is -2.53. The summed E-state index contributed by atoms with van der Waals surface area (Å²) in [6.07, 6.45) is 0.350. The van der Waals surface area contributed by atoms with Crippen molar-refractivity contribution in [1.29, 1.82) is 0 Å². The molecule has 25 heavy (non-hydrogen) atoms. The van der Waals surface area contributed by atoms with Crippen molar-refractivity contribution in [3.63, 3.8) is 0 Å². The van der Waals surface area contributed by atoms with E-state index in [1.54, 1.807) is 24.3 Å². The molecule has 0 aliphatic heterocycles. The number of rotatable bonds is 8. The SMILES string of the molecule is Cc1cccc(CC(CNC(=O)COc2ccccc2Cl)C(=O)O)c1. The van der Waals surface area contributed by atoms with Gasteiger partial charge in [0.15, 0.2) is 6.61 Å². The molecule has 0 radical (unpaired) electrons. The molecule has 1 unspecified atom stereocenters. The summed E-state index contributed by atoms with van der Waals surface area (Å²) in [5.41, 5.74) is 1.99. The summed E-state index contributed by atoms with van der Waals surface area (Å²) in [4.78, 5) is 23.3. The van der Waals surface area contributed by atoms with Crippen LogP contribution in [0.5, 0.6) is 5.75 Å². The number of benzene rings is 2. The predicted molar refractivity (Wildman–Crippen MR) is 96.0 cm³/mol. The van der Waals surface area contributed by atoms with Gasteiger partial charge >= 0.3 is 5.97 Å². The first kappa shape index (κ1) is 18.8. The highest BCUT2D eigenvalue weighted by atomic mass is 35.5. The molecular weight excluding hydrogens is 342 g/mol. The Kier molecular flexibility index (Phi) is 6.83. The predicted octanol–water partition coefficient (Wildman–Crippen LogP) is 3.09. The molecule has 5 nitrogen and oxygen atoms in total. The van der Waals surface area contributed by atoms with E-state index in [4.69, 9.17) is 16.3 Å². The Bertz CT molecular complexity index is 748. The molecule has 6 heteroatoms. The number of carboxylic acids is 1. The third-order valence-corrected chi connectivity index (χ3v) is 3.97. The van der Waals surface area contributed by atoms with E-state index in [9.17, 15) is 14.7 Å². The molecule has 0 saturated carbocycles. The first-order chi connectivity index (χ1) is 12.0. The fraction of sp³-hybridized carbons (Fsp3) is 0.263. The molecule has 0 aliphatic rings. The average molecular weight is 362 g/mol. The van der Waals surface area contributed by atoms with Crippen molar-refractivity contribution in [2.45, 2.75) is 13.3 Å². The van der Waals surface area contributed by atoms with E-state index in [2.05, 4.69) is 5.32 Å². The number of ether oxygens (including phenoxy) is 1. The maximum atomic E-state index is 11.9. The van der Waals surface area contributed by atoms with Crippen molar-refractivity contribution in [3.05, 3.63) is 64.7 Å². The Morgan fingerprint density at radius 2 is 1.96 bits per heavy atom. The van der Waals surface area contributed by atoms with Crippen LogP contribution in [-0.4, -0.2) is 30.1 Å². The lowest BCUT2D eigenvalue weighted by atomic mass is 9.98. The molecule has 0 bridgehead atoms. The lowest BCUT2D eigenvalue weighted by Crippen LogP contribution is -2.36. The maximum Gasteiger partial charge on any atom is 0.308 e. The second kappa shape index (κ2) is 9.08. The number of hydrogen-bond acceptors (Lipinski definition) is 3. The third kappa shape index (κ3) is 6.12. The first-order valence-electron chi connectivity index (χ1n) is 7.88. The maximum absolute atomic E-state index is 11.9. The molecule has 1 amide bonds. The van der Waals surface area contributed by atoms with Crippen LogP contribution < -0.4 is 10.1 Å². The molecule has 0 aliphatic carbocycles. The monoisotopic (exact) mass is 361 g/mol. The molecule has 0 saturated heterocycles. The van der Waals surface area contributed by atoms with Gasteiger partial charge in [0.2, 0.25) is 0 Å². The smallest absolute Gasteiger partial charge is 0.308 e. The number of nitrogens with one attached hydrogen (secondary N) is 1. The lowest BCUT2D eigenvalue weighted by molar-refractivity contribution is -0.141. The van der Waals surface area contributed by atoms with Crippen LogP contribution in [0.1, 0.15) is 11.1 Å². The number of hydrogen-bond donors (Lipinski definition) is 2. The average Bonchev–Trinajstić information content (AvgIpc) is 2.57. The topological polar surface area (TPSA) is 75.6 Å². The molecule has 0 spiro atoms. The van der Waals surface area contributed by atoms with E-state index in [1.165, 1.54) is 0 Å². The van der Waals surface area contributed by atoms with E-state index in [-0.39, 0.29) is 13.2 Å². The number of amides is 1. The summed E-state index contributed by atoms with van der Waals surface area (Å²) in [6.45, 7) is 1.77. The second-order valence-electron chi connectivity index (χ2n) is 5.75. The van der Waals surface area contributed by atoms with E-state index < -0.39 is 17.8 Å². The number of para-hydroxylation sites is 1. The zero-order valence-electron chi connectivity index (χ0n) is 13.9. The van der Waals surface area contributed by atoms with Gasteiger partial charge in [-0.15, -0.1) is 0 Å². The van der Waals surface area contributed by atoms with Crippen LogP contribution in [0, 0.1) is 12.8 Å². The lowest BCUT2D eigenvalue weighted by Gasteiger charge is -2.14. The van der Waals surface area contributed by atoms with Gasteiger partial charge in [-0.3, -0.25) is 9.59 Å². The zero-order valence-corrected chi connectivity index (χ0v) is 14.6. The van der Waals surface area contributed by atoms with Crippen LogP contribution in [0.4, 0.5) is 0 Å². The number of carbonyl (C=O) groups excluding carboxylic acids is 1. The fourth-order valence-electron chi connectivity index (χ4n) is 2.36. The molecule has 2 rings (SSSR count). The zero-order chi connectivity index (χ0) is 18.2. The van der Waals surface area contributed by atoms with Crippen LogP contribution in [0.3, 0.4) is 0 Å². The molecule has 2 N–H and O–H groups in total. The molecule has 1 atom stereocenters. The summed E-state index contributed by atoms with van der Waals surface area (Å²) in [5.74, 6) is -1.64. The van der Waals surface area contributed by atoms with Crippen LogP contribution in [0.2, 0.25) is 5.02 Å². The quantitative estimate of drug-likeness (QED) is 0.757. The van der Waals surface area contributed by atoms with Crippen LogP contribution in [-0.2, 0) is 16.0 Å². The minimum absolute atomic E-state index is 0.0357. The van der Waals surface area contributed by atoms with Gasteiger partial charge in [-0.2, -0.15) is 0 Å². The molecular formula is C19H20ClNO4. The minimum Gasteiger partial charge on any atom is -0.482 e. The summed E-state index contributed by atoms with van der Waals surface area (Å²) in [5, 5.41) is 12.4. The molecule has 0 fully saturated rings. The van der Waals surface area contributed by atoms with Crippen molar-refractivity contribution < 1.29 is 19.4 Å². The van der Waals surface area contributed by atoms with Gasteiger partial charge in [-0.25, -0.2) is 0 Å². The van der Waals surface area contributed by atoms with Crippen molar-refractivity contribution >= 4 is 23.5 Å². The molecule has 2 aromatic carbocycles. The van der Waals surface area contributed by atoms with E-state index in [1.807, 2.05) is 31.2 Å². The Labute approximate surface area is 151 Å². The van der Waals surface area contributed by atoms with Crippen molar-refractivity contribution in [1.82, 2.24) is 5.32 Å². The largest absolute Gasteiger partial charge is 0.482 e. The van der Waals surface area contributed by atoms with E-state index in [0.29, 0.717) is 17.2 Å². The molecule has 2 aromatic rings. The normalized spacial score (nSPS) is 11.6. The number of aliphatic carboxylic acids is 1. The summed E-state index contributed by atoms with van der Waals surface area (Å²) in [6, 6.07) is 14.5. The highest BCUT2D eigenvalue weighted by Gasteiger charge is 2.19. The third-order valence-electron chi connectivity index (χ3n) is 3.65. The van der Waals surface area contributed by atoms with E-state index in [0.717, 1.165) is 11.1 Å². The van der Waals surface area contributed by atoms with Gasteiger partial charge in [0, 0.05) is 6.54 Å². The van der Waals surface area contributed by atoms with E-state index >= 15 is 0 Å². The Morgan fingerprint density at radius 1 is 1.20 bits per heavy atom. The van der Waals surface area contributed by atoms with Gasteiger partial charge in [-0.05, 0) is 31.0 Å². The fourth-order valence-corrected chi connectivity index (χ4v) is 2.55. The Balaban J connectivity index is 1.85. The highest BCUT2D eigenvalue weighted by molar-refractivity contribution is 6.32. The van der Waals surface area contributed by atoms with Crippen molar-refractivity contribution in [2.24, 2.45) is 5.92 Å². The summed E-state index contributed by atoms with van der Waals surface area (Å²) < 4.78 is 5.33. The van der Waals surface area contributed by atoms with Crippen LogP contribution in [0.15, 0.2) is 48.5 Å². The van der Waals surface area contributed by atoms with Crippen LogP contribution >= 0.6 is 11.6 Å². The number of aryl methyl sites for hydroxylation is 1. The van der Waals surface area contributed by atoms with Gasteiger partial charge < -0.3 is 15.2 Å². The van der Waals surface area contributed by atoms with Crippen molar-refractivity contribution in [2.75, 3.05) is 13.2 Å². The minimum atomic E-state index is -0.950. The summed E-state index contributed by atoms with van der Waals surface area (Å²) >= 11 is 5.95. The van der Waals surface area contributed by atoms with Crippen LogP contribution in [0.25, 0.3) is 0 Å². The number of carbonyl (C=O) groups is 2. The highest BCUT2D eigenvalue weighted by Crippen LogP contribution is 2.22. The summed E-state index contributed by atoms with van der Waals surface area (Å²) in [7, 11) is 0. The van der Waals surface area contributed by atoms with Crippen molar-refractivity contribution in [3.8, 4) is 5.75 Å². The standard InChI is InChI=1S/C19H20ClNO4/c1-13-5-4-6-14(9-13)10-15(19(23)24)11-21-18(22)12-25-17-8-3-2-7-16(17)20/h2-9,15H,10-12H2,1H3,(H,21,22)(H,23,24). The molecule has 0 aromatic heterocycles.